The summed E-state index contributed by atoms with van der Waals surface area (Å²) in [5.74, 6) is -1.63. The van der Waals surface area contributed by atoms with Crippen LogP contribution in [0.1, 0.15) is 6.92 Å². The van der Waals surface area contributed by atoms with Gasteiger partial charge in [0.2, 0.25) is 0 Å². The highest BCUT2D eigenvalue weighted by Gasteiger charge is 2.68. The molecule has 7 nitrogen and oxygen atoms in total. The van der Waals surface area contributed by atoms with Crippen molar-refractivity contribution >= 4 is 18.0 Å². The zero-order valence-electron chi connectivity index (χ0n) is 9.42. The molecule has 0 aromatic carbocycles. The van der Waals surface area contributed by atoms with Crippen molar-refractivity contribution in [1.82, 2.24) is 15.5 Å². The van der Waals surface area contributed by atoms with Crippen molar-refractivity contribution in [3.8, 4) is 0 Å². The normalized spacial score (nSPS) is 23.9. The van der Waals surface area contributed by atoms with Crippen LogP contribution in [-0.2, 0) is 9.53 Å². The van der Waals surface area contributed by atoms with E-state index in [4.69, 9.17) is 0 Å². The third-order valence-corrected chi connectivity index (χ3v) is 2.21. The fourth-order valence-corrected chi connectivity index (χ4v) is 1.31. The summed E-state index contributed by atoms with van der Waals surface area (Å²) in [6.45, 7) is 1.19. The number of ether oxygens (including phenoxy) is 1. The standard InChI is InChI=1S/C8H10F3N3O4/c1-3-18-6(17)13-7(8(9,10)11)4(15)14(2)5(16)12-7/h3H2,1-2H3,(H,12,16)(H,13,17). The lowest BCUT2D eigenvalue weighted by molar-refractivity contribution is -0.200. The monoisotopic (exact) mass is 269 g/mol. The van der Waals surface area contributed by atoms with Crippen molar-refractivity contribution in [1.29, 1.82) is 0 Å². The molecule has 1 aliphatic rings. The zero-order valence-corrected chi connectivity index (χ0v) is 9.42. The largest absolute Gasteiger partial charge is 0.450 e. The van der Waals surface area contributed by atoms with Gasteiger partial charge in [-0.15, -0.1) is 0 Å². The summed E-state index contributed by atoms with van der Waals surface area (Å²) < 4.78 is 42.9. The Kier molecular flexibility index (Phi) is 3.40. The van der Waals surface area contributed by atoms with Gasteiger partial charge < -0.3 is 4.74 Å². The summed E-state index contributed by atoms with van der Waals surface area (Å²) in [6.07, 6.45) is -6.66. The van der Waals surface area contributed by atoms with E-state index in [9.17, 15) is 27.6 Å². The second kappa shape index (κ2) is 4.35. The first-order valence-electron chi connectivity index (χ1n) is 4.77. The Morgan fingerprint density at radius 1 is 1.50 bits per heavy atom. The second-order valence-corrected chi connectivity index (χ2v) is 3.39. The van der Waals surface area contributed by atoms with Crippen LogP contribution in [0.3, 0.4) is 0 Å². The van der Waals surface area contributed by atoms with Gasteiger partial charge in [-0.05, 0) is 6.92 Å². The van der Waals surface area contributed by atoms with Crippen molar-refractivity contribution in [2.24, 2.45) is 0 Å². The van der Waals surface area contributed by atoms with E-state index in [-0.39, 0.29) is 11.5 Å². The Labute approximate surface area is 99.2 Å². The van der Waals surface area contributed by atoms with Crippen LogP contribution in [-0.4, -0.2) is 48.4 Å². The quantitative estimate of drug-likeness (QED) is 0.700. The third kappa shape index (κ3) is 2.05. The molecule has 0 aromatic rings. The highest BCUT2D eigenvalue weighted by molar-refractivity contribution is 6.08. The summed E-state index contributed by atoms with van der Waals surface area (Å²) >= 11 is 0. The van der Waals surface area contributed by atoms with Gasteiger partial charge in [-0.25, -0.2) is 9.59 Å². The summed E-state index contributed by atoms with van der Waals surface area (Å²) in [6, 6.07) is -1.27. The molecule has 0 spiro atoms. The molecule has 0 radical (unpaired) electrons. The number of rotatable bonds is 2. The molecule has 10 heteroatoms. The molecule has 0 aliphatic carbocycles. The number of nitrogens with zero attached hydrogens (tertiary/aromatic N) is 1. The molecule has 2 N–H and O–H groups in total. The number of likely N-dealkylation sites (N-methyl/N-ethyl adjacent to an activating group) is 1. The van der Waals surface area contributed by atoms with Gasteiger partial charge in [0, 0.05) is 7.05 Å². The number of halogens is 3. The first-order chi connectivity index (χ1) is 8.15. The van der Waals surface area contributed by atoms with E-state index in [0.29, 0.717) is 0 Å². The minimum Gasteiger partial charge on any atom is -0.450 e. The van der Waals surface area contributed by atoms with Gasteiger partial charge in [0.05, 0.1) is 6.61 Å². The minimum atomic E-state index is -5.20. The fourth-order valence-electron chi connectivity index (χ4n) is 1.31. The summed E-state index contributed by atoms with van der Waals surface area (Å²) in [4.78, 5) is 33.8. The average Bonchev–Trinajstić information content (AvgIpc) is 2.43. The molecule has 1 fully saturated rings. The topological polar surface area (TPSA) is 87.7 Å². The number of carbonyl (C=O) groups excluding carboxylic acids is 3. The Morgan fingerprint density at radius 2 is 2.06 bits per heavy atom. The molecule has 102 valence electrons. The molecule has 0 bridgehead atoms. The summed E-state index contributed by atoms with van der Waals surface area (Å²) in [7, 11) is 0.859. The van der Waals surface area contributed by atoms with Gasteiger partial charge >= 0.3 is 18.3 Å². The number of hydrogen-bond acceptors (Lipinski definition) is 4. The van der Waals surface area contributed by atoms with E-state index < -0.39 is 29.9 Å². The van der Waals surface area contributed by atoms with E-state index in [1.165, 1.54) is 17.6 Å². The van der Waals surface area contributed by atoms with Crippen molar-refractivity contribution in [3.05, 3.63) is 0 Å². The van der Waals surface area contributed by atoms with Gasteiger partial charge in [0.15, 0.2) is 0 Å². The predicted molar refractivity (Wildman–Crippen MR) is 50.2 cm³/mol. The number of imide groups is 1. The molecule has 1 heterocycles. The number of nitrogens with one attached hydrogen (secondary N) is 2. The van der Waals surface area contributed by atoms with Crippen LogP contribution in [0.4, 0.5) is 22.8 Å². The van der Waals surface area contributed by atoms with Crippen molar-refractivity contribution in [2.45, 2.75) is 18.8 Å². The van der Waals surface area contributed by atoms with Crippen LogP contribution in [0.15, 0.2) is 0 Å². The maximum Gasteiger partial charge on any atom is 0.440 e. The smallest absolute Gasteiger partial charge is 0.440 e. The molecule has 1 unspecified atom stereocenters. The fraction of sp³-hybridized carbons (Fsp3) is 0.625. The van der Waals surface area contributed by atoms with Gasteiger partial charge in [0.1, 0.15) is 0 Å². The van der Waals surface area contributed by atoms with E-state index in [0.717, 1.165) is 7.05 Å². The number of alkyl halides is 3. The summed E-state index contributed by atoms with van der Waals surface area (Å²) in [5.41, 5.74) is -3.48. The molecule has 0 saturated carbocycles. The maximum absolute atomic E-state index is 12.9. The van der Waals surface area contributed by atoms with E-state index in [1.807, 2.05) is 0 Å². The van der Waals surface area contributed by atoms with Crippen LogP contribution < -0.4 is 10.6 Å². The van der Waals surface area contributed by atoms with Crippen LogP contribution in [0.2, 0.25) is 0 Å². The predicted octanol–water partition coefficient (Wildman–Crippen LogP) is 0.173. The van der Waals surface area contributed by atoms with Crippen LogP contribution >= 0.6 is 0 Å². The average molecular weight is 269 g/mol. The molecular weight excluding hydrogens is 259 g/mol. The molecule has 1 rings (SSSR count). The molecule has 1 atom stereocenters. The minimum absolute atomic E-state index is 0.183. The maximum atomic E-state index is 12.9. The first kappa shape index (κ1) is 14.1. The zero-order chi connectivity index (χ0) is 14.1. The molecule has 4 amide bonds. The third-order valence-electron chi connectivity index (χ3n) is 2.21. The Balaban J connectivity index is 3.10. The van der Waals surface area contributed by atoms with Crippen LogP contribution in [0, 0.1) is 0 Å². The van der Waals surface area contributed by atoms with E-state index in [1.54, 1.807) is 0 Å². The van der Waals surface area contributed by atoms with E-state index in [2.05, 4.69) is 4.74 Å². The Morgan fingerprint density at radius 3 is 2.39 bits per heavy atom. The number of hydrogen-bond donors (Lipinski definition) is 2. The SMILES string of the molecule is CCOC(=O)NC1(C(F)(F)F)NC(=O)N(C)C1=O. The number of carbonyl (C=O) groups is 3. The Bertz CT molecular complexity index is 398. The van der Waals surface area contributed by atoms with Gasteiger partial charge in [-0.3, -0.25) is 20.3 Å². The highest BCUT2D eigenvalue weighted by atomic mass is 19.4. The van der Waals surface area contributed by atoms with Crippen LogP contribution in [0.5, 0.6) is 0 Å². The van der Waals surface area contributed by atoms with Crippen molar-refractivity contribution < 1.29 is 32.3 Å². The number of alkyl carbamates (subject to hydrolysis) is 1. The van der Waals surface area contributed by atoms with Crippen molar-refractivity contribution in [2.75, 3.05) is 13.7 Å². The summed E-state index contributed by atoms with van der Waals surface area (Å²) in [5, 5.41) is 2.73. The van der Waals surface area contributed by atoms with Gasteiger partial charge in [-0.1, -0.05) is 0 Å². The molecule has 1 saturated heterocycles. The van der Waals surface area contributed by atoms with Gasteiger partial charge in [-0.2, -0.15) is 13.2 Å². The molecule has 0 aromatic heterocycles. The van der Waals surface area contributed by atoms with Crippen LogP contribution in [0.25, 0.3) is 0 Å². The lowest BCUT2D eigenvalue weighted by Gasteiger charge is -2.28. The molecular formula is C8H10F3N3O4. The number of urea groups is 1. The van der Waals surface area contributed by atoms with Gasteiger partial charge in [0.25, 0.3) is 11.6 Å². The molecule has 18 heavy (non-hydrogen) atoms. The lowest BCUT2D eigenvalue weighted by atomic mass is 10.1. The first-order valence-corrected chi connectivity index (χ1v) is 4.77. The molecule has 1 aliphatic heterocycles. The Hall–Kier alpha value is -2.00. The van der Waals surface area contributed by atoms with E-state index >= 15 is 0 Å². The number of amides is 4. The highest BCUT2D eigenvalue weighted by Crippen LogP contribution is 2.33. The van der Waals surface area contributed by atoms with Crippen molar-refractivity contribution in [3.63, 3.8) is 0 Å². The second-order valence-electron chi connectivity index (χ2n) is 3.39. The lowest BCUT2D eigenvalue weighted by Crippen LogP contribution is -2.69.